The lowest BCUT2D eigenvalue weighted by Gasteiger charge is -2.17. The Bertz CT molecular complexity index is 333. The molecule has 114 valence electrons. The van der Waals surface area contributed by atoms with Crippen molar-refractivity contribution in [1.29, 1.82) is 0 Å². The number of hydrogen-bond donors (Lipinski definition) is 2. The first kappa shape index (κ1) is 16.5. The Hall–Kier alpha value is -1.56. The Morgan fingerprint density at radius 1 is 1.45 bits per heavy atom. The first-order valence-electron chi connectivity index (χ1n) is 7.06. The number of carbonyl (C=O) groups is 2. The van der Waals surface area contributed by atoms with Gasteiger partial charge in [-0.3, -0.25) is 4.79 Å². The molecule has 0 aromatic carbocycles. The molecule has 1 atom stereocenters. The van der Waals surface area contributed by atoms with Crippen LogP contribution in [0.2, 0.25) is 0 Å². The molecule has 0 bridgehead atoms. The van der Waals surface area contributed by atoms with Gasteiger partial charge in [0.2, 0.25) is 0 Å². The number of rotatable bonds is 9. The van der Waals surface area contributed by atoms with Crippen LogP contribution in [0.15, 0.2) is 12.7 Å². The van der Waals surface area contributed by atoms with E-state index in [2.05, 4.69) is 11.9 Å². The van der Waals surface area contributed by atoms with E-state index in [1.54, 1.807) is 11.0 Å². The summed E-state index contributed by atoms with van der Waals surface area (Å²) in [6.07, 6.45) is 4.31. The van der Waals surface area contributed by atoms with Crippen molar-refractivity contribution in [3.05, 3.63) is 12.7 Å². The third-order valence-electron chi connectivity index (χ3n) is 3.33. The number of hydrogen-bond acceptors (Lipinski definition) is 3. The quantitative estimate of drug-likeness (QED) is 0.496. The number of urea groups is 1. The van der Waals surface area contributed by atoms with E-state index in [0.29, 0.717) is 45.2 Å². The summed E-state index contributed by atoms with van der Waals surface area (Å²) in [5.74, 6) is -0.467. The van der Waals surface area contributed by atoms with Gasteiger partial charge in [-0.2, -0.15) is 0 Å². The summed E-state index contributed by atoms with van der Waals surface area (Å²) in [5, 5.41) is 11.4. The third-order valence-corrected chi connectivity index (χ3v) is 3.33. The van der Waals surface area contributed by atoms with Gasteiger partial charge >= 0.3 is 12.0 Å². The fraction of sp³-hybridized carbons (Fsp3) is 0.714. The van der Waals surface area contributed by atoms with Crippen molar-refractivity contribution in [2.24, 2.45) is 5.92 Å². The van der Waals surface area contributed by atoms with Crippen LogP contribution in [0.4, 0.5) is 4.79 Å². The van der Waals surface area contributed by atoms with Gasteiger partial charge in [0, 0.05) is 26.1 Å². The molecule has 6 nitrogen and oxygen atoms in total. The number of likely N-dealkylation sites (tertiary alicyclic amines) is 1. The fourth-order valence-electron chi connectivity index (χ4n) is 2.19. The Morgan fingerprint density at radius 3 is 2.95 bits per heavy atom. The monoisotopic (exact) mass is 284 g/mol. The van der Waals surface area contributed by atoms with Crippen LogP contribution in [0, 0.1) is 5.92 Å². The van der Waals surface area contributed by atoms with E-state index in [-0.39, 0.29) is 12.5 Å². The minimum absolute atomic E-state index is 0.0878. The standard InChI is InChI=1S/C14H24N2O4/c1-2-3-9-20-10-7-15-14(19)16-8-6-12(11-16)4-5-13(17)18/h2,12H,1,3-11H2,(H,15,19)(H,17,18). The second-order valence-corrected chi connectivity index (χ2v) is 4.95. The van der Waals surface area contributed by atoms with E-state index in [0.717, 1.165) is 12.8 Å². The van der Waals surface area contributed by atoms with Crippen molar-refractivity contribution < 1.29 is 19.4 Å². The highest BCUT2D eigenvalue weighted by atomic mass is 16.5. The SMILES string of the molecule is C=CCCOCCNC(=O)N1CCC(CCC(=O)O)C1. The molecular weight excluding hydrogens is 260 g/mol. The summed E-state index contributed by atoms with van der Waals surface area (Å²) in [7, 11) is 0. The molecular formula is C14H24N2O4. The largest absolute Gasteiger partial charge is 0.481 e. The number of aliphatic carboxylic acids is 1. The summed E-state index contributed by atoms with van der Waals surface area (Å²) in [6, 6.07) is -0.0878. The predicted octanol–water partition coefficient (Wildman–Crippen LogP) is 1.48. The first-order valence-corrected chi connectivity index (χ1v) is 7.06. The Morgan fingerprint density at radius 2 is 2.25 bits per heavy atom. The average molecular weight is 284 g/mol. The molecule has 2 N–H and O–H groups in total. The molecule has 0 aromatic heterocycles. The Balaban J connectivity index is 2.09. The highest BCUT2D eigenvalue weighted by Gasteiger charge is 2.26. The maximum Gasteiger partial charge on any atom is 0.317 e. The minimum atomic E-state index is -0.774. The molecule has 1 aliphatic rings. The highest BCUT2D eigenvalue weighted by Crippen LogP contribution is 2.20. The number of amides is 2. The van der Waals surface area contributed by atoms with E-state index in [4.69, 9.17) is 9.84 Å². The van der Waals surface area contributed by atoms with Gasteiger partial charge in [0.25, 0.3) is 0 Å². The van der Waals surface area contributed by atoms with Crippen LogP contribution in [0.5, 0.6) is 0 Å². The fourth-order valence-corrected chi connectivity index (χ4v) is 2.19. The molecule has 20 heavy (non-hydrogen) atoms. The number of nitrogens with zero attached hydrogens (tertiary/aromatic N) is 1. The normalized spacial score (nSPS) is 18.0. The molecule has 1 unspecified atom stereocenters. The summed E-state index contributed by atoms with van der Waals surface area (Å²) in [6.45, 7) is 6.56. The molecule has 1 fully saturated rings. The zero-order valence-corrected chi connectivity index (χ0v) is 11.8. The van der Waals surface area contributed by atoms with Gasteiger partial charge in [-0.05, 0) is 25.2 Å². The van der Waals surface area contributed by atoms with Crippen LogP contribution >= 0.6 is 0 Å². The summed E-state index contributed by atoms with van der Waals surface area (Å²) >= 11 is 0. The predicted molar refractivity (Wildman–Crippen MR) is 75.6 cm³/mol. The van der Waals surface area contributed by atoms with Crippen molar-refractivity contribution in [3.63, 3.8) is 0 Å². The maximum atomic E-state index is 11.8. The lowest BCUT2D eigenvalue weighted by Crippen LogP contribution is -2.40. The Labute approximate surface area is 119 Å². The van der Waals surface area contributed by atoms with Crippen LogP contribution in [-0.4, -0.2) is 54.9 Å². The minimum Gasteiger partial charge on any atom is -0.481 e. The number of nitrogens with one attached hydrogen (secondary N) is 1. The van der Waals surface area contributed by atoms with E-state index < -0.39 is 5.97 Å². The van der Waals surface area contributed by atoms with E-state index >= 15 is 0 Å². The molecule has 6 heteroatoms. The van der Waals surface area contributed by atoms with E-state index in [1.165, 1.54) is 0 Å². The summed E-state index contributed by atoms with van der Waals surface area (Å²) in [5.41, 5.74) is 0. The lowest BCUT2D eigenvalue weighted by atomic mass is 10.0. The van der Waals surface area contributed by atoms with Gasteiger partial charge in [0.05, 0.1) is 13.2 Å². The highest BCUT2D eigenvalue weighted by molar-refractivity contribution is 5.74. The van der Waals surface area contributed by atoms with Gasteiger partial charge < -0.3 is 20.1 Å². The van der Waals surface area contributed by atoms with Crippen LogP contribution < -0.4 is 5.32 Å². The zero-order chi connectivity index (χ0) is 14.8. The second kappa shape index (κ2) is 9.36. The molecule has 0 aromatic rings. The number of ether oxygens (including phenoxy) is 1. The molecule has 0 spiro atoms. The smallest absolute Gasteiger partial charge is 0.317 e. The summed E-state index contributed by atoms with van der Waals surface area (Å²) in [4.78, 5) is 24.1. The second-order valence-electron chi connectivity index (χ2n) is 4.95. The molecule has 0 aliphatic carbocycles. The Kier molecular flexibility index (Phi) is 7.72. The van der Waals surface area contributed by atoms with Crippen LogP contribution in [0.25, 0.3) is 0 Å². The molecule has 1 aliphatic heterocycles. The molecule has 1 heterocycles. The van der Waals surface area contributed by atoms with Gasteiger partial charge in [-0.15, -0.1) is 6.58 Å². The lowest BCUT2D eigenvalue weighted by molar-refractivity contribution is -0.137. The van der Waals surface area contributed by atoms with Crippen molar-refractivity contribution in [2.75, 3.05) is 32.8 Å². The maximum absolute atomic E-state index is 11.8. The molecule has 0 radical (unpaired) electrons. The zero-order valence-electron chi connectivity index (χ0n) is 11.8. The van der Waals surface area contributed by atoms with Crippen molar-refractivity contribution in [1.82, 2.24) is 10.2 Å². The average Bonchev–Trinajstić information content (AvgIpc) is 2.89. The van der Waals surface area contributed by atoms with Crippen molar-refractivity contribution in [3.8, 4) is 0 Å². The molecule has 1 rings (SSSR count). The van der Waals surface area contributed by atoms with Gasteiger partial charge in [0.15, 0.2) is 0 Å². The van der Waals surface area contributed by atoms with Crippen LogP contribution in [-0.2, 0) is 9.53 Å². The number of carboxylic acid groups (broad SMARTS) is 1. The van der Waals surface area contributed by atoms with Gasteiger partial charge in [0.1, 0.15) is 0 Å². The van der Waals surface area contributed by atoms with Gasteiger partial charge in [-0.25, -0.2) is 4.79 Å². The van der Waals surface area contributed by atoms with Crippen molar-refractivity contribution >= 4 is 12.0 Å². The number of carbonyl (C=O) groups excluding carboxylic acids is 1. The summed E-state index contributed by atoms with van der Waals surface area (Å²) < 4.78 is 5.30. The molecule has 1 saturated heterocycles. The number of carboxylic acids is 1. The molecule has 2 amide bonds. The van der Waals surface area contributed by atoms with Crippen LogP contribution in [0.1, 0.15) is 25.7 Å². The van der Waals surface area contributed by atoms with E-state index in [1.807, 2.05) is 0 Å². The first-order chi connectivity index (χ1) is 9.63. The van der Waals surface area contributed by atoms with E-state index in [9.17, 15) is 9.59 Å². The topological polar surface area (TPSA) is 78.9 Å². The van der Waals surface area contributed by atoms with Crippen molar-refractivity contribution in [2.45, 2.75) is 25.7 Å². The van der Waals surface area contributed by atoms with Crippen LogP contribution in [0.3, 0.4) is 0 Å². The molecule has 0 saturated carbocycles. The van der Waals surface area contributed by atoms with Gasteiger partial charge in [-0.1, -0.05) is 6.08 Å². The third kappa shape index (κ3) is 6.56.